The van der Waals surface area contributed by atoms with Crippen LogP contribution in [0.2, 0.25) is 0 Å². The zero-order valence-corrected chi connectivity index (χ0v) is 14.6. The smallest absolute Gasteiger partial charge is 0.414 e. The molecule has 1 aliphatic rings. The summed E-state index contributed by atoms with van der Waals surface area (Å²) in [5, 5.41) is 10.3. The van der Waals surface area contributed by atoms with E-state index in [0.717, 1.165) is 5.76 Å². The number of methoxy groups -OCH3 is 1. The Morgan fingerprint density at radius 2 is 2.17 bits per heavy atom. The standard InChI is InChI=1S/C9H12O.C6H7N3O3.C2H6/c1-4-6-8-9(10-3)7-5-2;1-4-2-8-3-5(9(10)11)7-6(8)12-4;1-2/h4-8H,1-2H2,3H3;3-4H,2H2,1H3;1-2H3/b8-6-,9-7+;;. The molecule has 132 valence electrons. The summed E-state index contributed by atoms with van der Waals surface area (Å²) in [6.45, 7) is 13.6. The molecule has 0 amide bonds. The van der Waals surface area contributed by atoms with E-state index in [-0.39, 0.29) is 11.9 Å². The lowest BCUT2D eigenvalue weighted by Gasteiger charge is -1.96. The number of hydrogen-bond donors (Lipinski definition) is 0. The predicted molar refractivity (Wildman–Crippen MR) is 94.9 cm³/mol. The molecule has 0 N–H and O–H groups in total. The van der Waals surface area contributed by atoms with Gasteiger partial charge in [-0.3, -0.25) is 4.57 Å². The van der Waals surface area contributed by atoms with E-state index in [2.05, 4.69) is 18.1 Å². The number of nitrogens with zero attached hydrogens (tertiary/aromatic N) is 3. The predicted octanol–water partition coefficient (Wildman–Crippen LogP) is 4.04. The number of fused-ring (bicyclic) bond motifs is 1. The Bertz CT molecular complexity index is 579. The number of allylic oxidation sites excluding steroid dienone is 5. The monoisotopic (exact) mass is 335 g/mol. The van der Waals surface area contributed by atoms with Crippen molar-refractivity contribution in [3.8, 4) is 6.01 Å². The van der Waals surface area contributed by atoms with Gasteiger partial charge in [0.1, 0.15) is 18.1 Å². The van der Waals surface area contributed by atoms with Crippen molar-refractivity contribution in [2.24, 2.45) is 0 Å². The summed E-state index contributed by atoms with van der Waals surface area (Å²) >= 11 is 0. The third-order valence-corrected chi connectivity index (χ3v) is 2.59. The molecule has 7 heteroatoms. The van der Waals surface area contributed by atoms with Crippen LogP contribution in [-0.2, 0) is 11.3 Å². The molecule has 0 aromatic carbocycles. The van der Waals surface area contributed by atoms with E-state index in [9.17, 15) is 10.1 Å². The Labute approximate surface area is 142 Å². The molecule has 0 bridgehead atoms. The number of nitro groups is 1. The third-order valence-electron chi connectivity index (χ3n) is 2.59. The summed E-state index contributed by atoms with van der Waals surface area (Å²) in [5.41, 5.74) is 0. The topological polar surface area (TPSA) is 79.4 Å². The molecule has 1 atom stereocenters. The highest BCUT2D eigenvalue weighted by Gasteiger charge is 2.28. The van der Waals surface area contributed by atoms with Crippen molar-refractivity contribution in [1.29, 1.82) is 0 Å². The van der Waals surface area contributed by atoms with Crippen LogP contribution in [0.3, 0.4) is 0 Å². The van der Waals surface area contributed by atoms with Gasteiger partial charge in [0.2, 0.25) is 0 Å². The molecular formula is C17H25N3O4. The van der Waals surface area contributed by atoms with Gasteiger partial charge < -0.3 is 19.6 Å². The lowest BCUT2D eigenvalue weighted by Crippen LogP contribution is -2.08. The quantitative estimate of drug-likeness (QED) is 0.351. The summed E-state index contributed by atoms with van der Waals surface area (Å²) in [6, 6.07) is 0.342. The molecule has 1 aliphatic heterocycles. The van der Waals surface area contributed by atoms with Crippen LogP contribution < -0.4 is 4.74 Å². The average Bonchev–Trinajstić information content (AvgIpc) is 3.11. The fraction of sp³-hybridized carbons (Fsp3) is 0.353. The van der Waals surface area contributed by atoms with Crippen molar-refractivity contribution in [2.45, 2.75) is 33.4 Å². The highest BCUT2D eigenvalue weighted by Crippen LogP contribution is 2.23. The highest BCUT2D eigenvalue weighted by atomic mass is 16.6. The number of ether oxygens (including phenoxy) is 2. The molecule has 1 aromatic heterocycles. The van der Waals surface area contributed by atoms with Crippen molar-refractivity contribution < 1.29 is 14.4 Å². The van der Waals surface area contributed by atoms with E-state index in [1.54, 1.807) is 36.0 Å². The van der Waals surface area contributed by atoms with E-state index in [0.29, 0.717) is 12.6 Å². The maximum Gasteiger partial charge on any atom is 0.414 e. The van der Waals surface area contributed by atoms with Gasteiger partial charge in [-0.1, -0.05) is 45.2 Å². The summed E-state index contributed by atoms with van der Waals surface area (Å²) < 4.78 is 11.8. The zero-order chi connectivity index (χ0) is 18.5. The molecule has 2 heterocycles. The molecular weight excluding hydrogens is 310 g/mol. The molecule has 0 radical (unpaired) electrons. The Balaban J connectivity index is 0.000000407. The maximum absolute atomic E-state index is 10.3. The van der Waals surface area contributed by atoms with Crippen molar-refractivity contribution in [3.63, 3.8) is 0 Å². The van der Waals surface area contributed by atoms with Gasteiger partial charge in [0.15, 0.2) is 0 Å². The van der Waals surface area contributed by atoms with Gasteiger partial charge in [-0.05, 0) is 24.0 Å². The van der Waals surface area contributed by atoms with Gasteiger partial charge >= 0.3 is 11.8 Å². The average molecular weight is 335 g/mol. The molecule has 0 aliphatic carbocycles. The second-order valence-corrected chi connectivity index (χ2v) is 4.32. The van der Waals surface area contributed by atoms with Gasteiger partial charge in [0, 0.05) is 4.98 Å². The minimum atomic E-state index is -0.528. The van der Waals surface area contributed by atoms with Gasteiger partial charge in [0.05, 0.1) is 13.7 Å². The molecule has 7 nitrogen and oxygen atoms in total. The van der Waals surface area contributed by atoms with Crippen LogP contribution in [0.5, 0.6) is 6.01 Å². The van der Waals surface area contributed by atoms with E-state index >= 15 is 0 Å². The van der Waals surface area contributed by atoms with E-state index in [1.807, 2.05) is 26.8 Å². The molecule has 0 spiro atoms. The highest BCUT2D eigenvalue weighted by molar-refractivity contribution is 5.22. The molecule has 1 aromatic rings. The van der Waals surface area contributed by atoms with E-state index in [4.69, 9.17) is 9.47 Å². The van der Waals surface area contributed by atoms with Crippen molar-refractivity contribution in [3.05, 3.63) is 65.6 Å². The minimum absolute atomic E-state index is 0.0632. The molecule has 2 rings (SSSR count). The van der Waals surface area contributed by atoms with Crippen LogP contribution in [0, 0.1) is 10.1 Å². The Morgan fingerprint density at radius 1 is 1.50 bits per heavy atom. The minimum Gasteiger partial charge on any atom is -0.497 e. The second kappa shape index (κ2) is 11.7. The Kier molecular flexibility index (Phi) is 10.3. The number of aromatic nitrogens is 2. The number of imidazole rings is 1. The first-order valence-corrected chi connectivity index (χ1v) is 7.55. The Hall–Kier alpha value is -2.83. The van der Waals surface area contributed by atoms with Gasteiger partial charge in [-0.15, -0.1) is 0 Å². The molecule has 0 saturated carbocycles. The maximum atomic E-state index is 10.3. The van der Waals surface area contributed by atoms with Gasteiger partial charge in [0.25, 0.3) is 0 Å². The number of hydrogen-bond acceptors (Lipinski definition) is 5. The van der Waals surface area contributed by atoms with E-state index in [1.165, 1.54) is 6.20 Å². The zero-order valence-electron chi connectivity index (χ0n) is 14.6. The first-order chi connectivity index (χ1) is 11.5. The molecule has 0 fully saturated rings. The van der Waals surface area contributed by atoms with Gasteiger partial charge in [-0.2, -0.15) is 0 Å². The lowest BCUT2D eigenvalue weighted by atomic mass is 10.4. The first-order valence-electron chi connectivity index (χ1n) is 7.55. The largest absolute Gasteiger partial charge is 0.497 e. The summed E-state index contributed by atoms with van der Waals surface area (Å²) in [7, 11) is 1.61. The van der Waals surface area contributed by atoms with Crippen LogP contribution in [0.4, 0.5) is 5.82 Å². The SMILES string of the molecule is C=C/C=C\C(=C/C=C)OC.CC.CC1Cn2cc([N+](=O)[O-])nc2O1. The molecule has 1 unspecified atom stereocenters. The van der Waals surface area contributed by atoms with Crippen molar-refractivity contribution in [1.82, 2.24) is 9.55 Å². The lowest BCUT2D eigenvalue weighted by molar-refractivity contribution is -0.389. The summed E-state index contributed by atoms with van der Waals surface area (Å²) in [6.07, 6.45) is 10.2. The third kappa shape index (κ3) is 6.95. The van der Waals surface area contributed by atoms with Crippen LogP contribution >= 0.6 is 0 Å². The fourth-order valence-corrected chi connectivity index (χ4v) is 1.66. The number of rotatable bonds is 5. The van der Waals surface area contributed by atoms with Crippen LogP contribution in [0.25, 0.3) is 0 Å². The normalized spacial score (nSPS) is 15.2. The second-order valence-electron chi connectivity index (χ2n) is 4.32. The summed E-state index contributed by atoms with van der Waals surface area (Å²) in [4.78, 5) is 13.4. The Morgan fingerprint density at radius 3 is 2.62 bits per heavy atom. The van der Waals surface area contributed by atoms with Crippen molar-refractivity contribution in [2.75, 3.05) is 7.11 Å². The van der Waals surface area contributed by atoms with Crippen LogP contribution in [0.1, 0.15) is 20.8 Å². The molecule has 0 saturated heterocycles. The van der Waals surface area contributed by atoms with E-state index < -0.39 is 4.92 Å². The van der Waals surface area contributed by atoms with Crippen LogP contribution in [0.15, 0.2) is 55.5 Å². The first kappa shape index (κ1) is 21.2. The fourth-order valence-electron chi connectivity index (χ4n) is 1.66. The molecule has 24 heavy (non-hydrogen) atoms. The van der Waals surface area contributed by atoms with Gasteiger partial charge in [-0.25, -0.2) is 0 Å². The van der Waals surface area contributed by atoms with Crippen molar-refractivity contribution >= 4 is 5.82 Å². The van der Waals surface area contributed by atoms with Crippen LogP contribution in [-0.4, -0.2) is 27.7 Å². The summed E-state index contributed by atoms with van der Waals surface area (Å²) in [5.74, 6) is 0.617.